The molecule has 0 aromatic heterocycles. The maximum absolute atomic E-state index is 12.0. The van der Waals surface area contributed by atoms with Crippen LogP contribution in [-0.4, -0.2) is 40.8 Å². The van der Waals surface area contributed by atoms with Gasteiger partial charge in [0.05, 0.1) is 12.2 Å². The van der Waals surface area contributed by atoms with Crippen molar-refractivity contribution in [2.75, 3.05) is 0 Å². The van der Waals surface area contributed by atoms with Crippen LogP contribution in [0.3, 0.4) is 0 Å². The summed E-state index contributed by atoms with van der Waals surface area (Å²) in [5.74, 6) is 0.131. The van der Waals surface area contributed by atoms with Crippen molar-refractivity contribution in [1.29, 1.82) is 0 Å². The highest BCUT2D eigenvalue weighted by Gasteiger charge is 2.68. The molecule has 6 heteroatoms. The Morgan fingerprint density at radius 2 is 2.15 bits per heavy atom. The van der Waals surface area contributed by atoms with Gasteiger partial charge in [0, 0.05) is 30.8 Å². The van der Waals surface area contributed by atoms with Crippen molar-refractivity contribution in [3.63, 3.8) is 0 Å². The summed E-state index contributed by atoms with van der Waals surface area (Å²) in [7, 11) is 0. The summed E-state index contributed by atoms with van der Waals surface area (Å²) in [6, 6.07) is 0. The summed E-state index contributed by atoms with van der Waals surface area (Å²) >= 11 is 0. The molecule has 5 fully saturated rings. The molecular formula is C21H30O6. The van der Waals surface area contributed by atoms with E-state index in [1.807, 2.05) is 13.0 Å². The van der Waals surface area contributed by atoms with Gasteiger partial charge in [0.1, 0.15) is 0 Å². The Kier molecular flexibility index (Phi) is 4.30. The average molecular weight is 378 g/mol. The molecule has 1 saturated carbocycles. The number of rotatable bonds is 3. The monoisotopic (exact) mass is 378 g/mol. The highest BCUT2D eigenvalue weighted by Crippen LogP contribution is 2.59. The molecule has 6 nitrogen and oxygen atoms in total. The summed E-state index contributed by atoms with van der Waals surface area (Å²) in [5, 5.41) is 10.7. The van der Waals surface area contributed by atoms with Crippen molar-refractivity contribution in [3.05, 3.63) is 11.6 Å². The van der Waals surface area contributed by atoms with Gasteiger partial charge < -0.3 is 14.6 Å². The zero-order valence-electron chi connectivity index (χ0n) is 16.2. The van der Waals surface area contributed by atoms with Crippen LogP contribution in [0.4, 0.5) is 0 Å². The van der Waals surface area contributed by atoms with Crippen LogP contribution in [0.25, 0.3) is 0 Å². The highest BCUT2D eigenvalue weighted by atomic mass is 17.3. The summed E-state index contributed by atoms with van der Waals surface area (Å²) in [6.07, 6.45) is 7.29. The van der Waals surface area contributed by atoms with E-state index in [1.54, 1.807) is 0 Å². The molecule has 6 rings (SSSR count). The number of hydrogen-bond donors (Lipinski definition) is 1. The van der Waals surface area contributed by atoms with Crippen molar-refractivity contribution in [3.8, 4) is 0 Å². The van der Waals surface area contributed by atoms with E-state index in [-0.39, 0.29) is 23.7 Å². The molecule has 0 aromatic rings. The largest absolute Gasteiger partial charge is 0.388 e. The molecule has 8 atom stereocenters. The van der Waals surface area contributed by atoms with Crippen molar-refractivity contribution in [1.82, 2.24) is 0 Å². The fraction of sp³-hybridized carbons (Fsp3) is 0.857. The van der Waals surface area contributed by atoms with E-state index in [2.05, 4.69) is 6.92 Å². The van der Waals surface area contributed by atoms with E-state index in [0.29, 0.717) is 24.3 Å². The van der Waals surface area contributed by atoms with Crippen LogP contribution in [0.5, 0.6) is 0 Å². The van der Waals surface area contributed by atoms with Gasteiger partial charge in [-0.15, -0.1) is 0 Å². The summed E-state index contributed by atoms with van der Waals surface area (Å²) in [4.78, 5) is 23.9. The lowest BCUT2D eigenvalue weighted by Gasteiger charge is -2.59. The number of allylic oxidation sites excluding steroid dienone is 1. The first kappa shape index (κ1) is 18.3. The number of ketones is 1. The van der Waals surface area contributed by atoms with Crippen molar-refractivity contribution < 1.29 is 29.1 Å². The second kappa shape index (κ2) is 6.36. The Labute approximate surface area is 160 Å². The maximum Gasteiger partial charge on any atom is 0.201 e. The Hall–Kier alpha value is -0.790. The molecule has 6 aliphatic rings. The topological polar surface area (TPSA) is 74.2 Å². The Morgan fingerprint density at radius 1 is 1.30 bits per heavy atom. The second-order valence-electron chi connectivity index (χ2n) is 9.28. The predicted octanol–water partition coefficient (Wildman–Crippen LogP) is 3.03. The number of aliphatic hydroxyl groups excluding tert-OH is 1. The lowest BCUT2D eigenvalue weighted by molar-refractivity contribution is -0.569. The van der Waals surface area contributed by atoms with Crippen LogP contribution >= 0.6 is 0 Å². The third-order valence-corrected chi connectivity index (χ3v) is 7.71. The van der Waals surface area contributed by atoms with Gasteiger partial charge in [0.25, 0.3) is 0 Å². The van der Waals surface area contributed by atoms with Gasteiger partial charge in [-0.2, -0.15) is 0 Å². The smallest absolute Gasteiger partial charge is 0.201 e. The van der Waals surface area contributed by atoms with Gasteiger partial charge in [0.2, 0.25) is 5.79 Å². The van der Waals surface area contributed by atoms with Crippen LogP contribution in [-0.2, 0) is 24.0 Å². The average Bonchev–Trinajstić information content (AvgIpc) is 2.96. The van der Waals surface area contributed by atoms with Crippen molar-refractivity contribution in [2.24, 2.45) is 17.8 Å². The molecular weight excluding hydrogens is 348 g/mol. The minimum absolute atomic E-state index is 0.0641. The molecule has 4 aliphatic heterocycles. The molecule has 150 valence electrons. The lowest BCUT2D eigenvalue weighted by atomic mass is 9.60. The van der Waals surface area contributed by atoms with E-state index in [9.17, 15) is 9.90 Å². The SMILES string of the molecule is C[C@H]1[C@@H](C[C@H](O)C2=CCCC2=O)O[C@@H]2O[C@]3(C)CC[C@H]4CCC[C@@H]1C42OO3. The Bertz CT molecular complexity index is 661. The molecule has 0 radical (unpaired) electrons. The van der Waals surface area contributed by atoms with Crippen LogP contribution in [0.2, 0.25) is 0 Å². The molecule has 1 N–H and O–H groups in total. The zero-order valence-corrected chi connectivity index (χ0v) is 16.2. The number of Topliss-reactive ketones (excluding diaryl/α,β-unsaturated/α-hetero) is 1. The van der Waals surface area contributed by atoms with E-state index in [0.717, 1.165) is 32.1 Å². The maximum atomic E-state index is 12.0. The first-order valence-corrected chi connectivity index (χ1v) is 10.5. The number of hydrogen-bond acceptors (Lipinski definition) is 6. The zero-order chi connectivity index (χ0) is 18.8. The van der Waals surface area contributed by atoms with Gasteiger partial charge in [-0.1, -0.05) is 19.4 Å². The molecule has 4 heterocycles. The molecule has 2 bridgehead atoms. The van der Waals surface area contributed by atoms with Gasteiger partial charge in [-0.25, -0.2) is 9.78 Å². The van der Waals surface area contributed by atoms with Gasteiger partial charge in [-0.3, -0.25) is 4.79 Å². The quantitative estimate of drug-likeness (QED) is 0.761. The summed E-state index contributed by atoms with van der Waals surface area (Å²) in [6.45, 7) is 4.10. The second-order valence-corrected chi connectivity index (χ2v) is 9.28. The first-order chi connectivity index (χ1) is 12.9. The standard InChI is InChI=1S/C21H30O6/c1-12-15-7-3-5-13-9-10-20(2)25-19(21(13,15)27-26-20)24-18(12)11-17(23)14-6-4-8-16(14)22/h6,12-13,15,17-19,23H,3-5,7-11H2,1-2H3/t12-,13-,15+,17+,18-,19-,20+,21?/m1/s1. The van der Waals surface area contributed by atoms with Crippen molar-refractivity contribution in [2.45, 2.75) is 95.1 Å². The molecule has 27 heavy (non-hydrogen) atoms. The number of aliphatic hydroxyl groups is 1. The number of ether oxygens (including phenoxy) is 2. The van der Waals surface area contributed by atoms with Gasteiger partial charge >= 0.3 is 0 Å². The van der Waals surface area contributed by atoms with E-state index >= 15 is 0 Å². The number of fused-ring (bicyclic) bond motifs is 2. The summed E-state index contributed by atoms with van der Waals surface area (Å²) < 4.78 is 12.8. The highest BCUT2D eigenvalue weighted by molar-refractivity contribution is 5.98. The van der Waals surface area contributed by atoms with E-state index in [4.69, 9.17) is 19.2 Å². The molecule has 0 aromatic carbocycles. The fourth-order valence-corrected chi connectivity index (χ4v) is 6.19. The summed E-state index contributed by atoms with van der Waals surface area (Å²) in [5.41, 5.74) is 0.0138. The van der Waals surface area contributed by atoms with Crippen molar-refractivity contribution >= 4 is 5.78 Å². The minimum Gasteiger partial charge on any atom is -0.388 e. The number of carbonyl (C=O) groups is 1. The number of carbonyl (C=O) groups excluding carboxylic acids is 1. The van der Waals surface area contributed by atoms with Crippen LogP contribution in [0, 0.1) is 17.8 Å². The molecule has 2 aliphatic carbocycles. The predicted molar refractivity (Wildman–Crippen MR) is 95.2 cm³/mol. The molecule has 4 saturated heterocycles. The van der Waals surface area contributed by atoms with Gasteiger partial charge in [0.15, 0.2) is 17.7 Å². The molecule has 1 spiro atoms. The van der Waals surface area contributed by atoms with Crippen LogP contribution in [0.15, 0.2) is 11.6 Å². The molecule has 0 amide bonds. The van der Waals surface area contributed by atoms with Crippen LogP contribution < -0.4 is 0 Å². The Morgan fingerprint density at radius 3 is 2.93 bits per heavy atom. The fourth-order valence-electron chi connectivity index (χ4n) is 6.19. The Balaban J connectivity index is 1.42. The van der Waals surface area contributed by atoms with Crippen LogP contribution in [0.1, 0.15) is 65.2 Å². The molecule has 1 unspecified atom stereocenters. The third-order valence-electron chi connectivity index (χ3n) is 7.71. The first-order valence-electron chi connectivity index (χ1n) is 10.5. The van der Waals surface area contributed by atoms with E-state index < -0.39 is 23.8 Å². The normalized spacial score (nSPS) is 50.1. The minimum atomic E-state index is -0.772. The van der Waals surface area contributed by atoms with E-state index in [1.165, 1.54) is 6.42 Å². The third kappa shape index (κ3) is 2.68. The van der Waals surface area contributed by atoms with Gasteiger partial charge in [-0.05, 0) is 44.4 Å². The lowest BCUT2D eigenvalue weighted by Crippen LogP contribution is -2.69.